The fourth-order valence-corrected chi connectivity index (χ4v) is 3.78. The van der Waals surface area contributed by atoms with E-state index in [1.165, 1.54) is 38.0 Å². The van der Waals surface area contributed by atoms with Gasteiger partial charge in [-0.2, -0.15) is 5.10 Å². The maximum absolute atomic E-state index is 12.5. The molecule has 1 aromatic rings. The van der Waals surface area contributed by atoms with Crippen LogP contribution in [-0.4, -0.2) is 51.7 Å². The van der Waals surface area contributed by atoms with Crippen LogP contribution < -0.4 is 0 Å². The molecule has 5 heteroatoms. The highest BCUT2D eigenvalue weighted by molar-refractivity contribution is 5.76. The summed E-state index contributed by atoms with van der Waals surface area (Å²) in [6.45, 7) is 9.33. The first-order valence-corrected chi connectivity index (χ1v) is 9.16. The number of nitrogens with zero attached hydrogens (tertiary/aromatic N) is 4. The molecule has 23 heavy (non-hydrogen) atoms. The molecule has 128 valence electrons. The number of amides is 1. The molecule has 3 heterocycles. The maximum Gasteiger partial charge on any atom is 0.223 e. The zero-order chi connectivity index (χ0) is 16.2. The zero-order valence-electron chi connectivity index (χ0n) is 14.6. The highest BCUT2D eigenvalue weighted by Crippen LogP contribution is 2.25. The Morgan fingerprint density at radius 3 is 2.83 bits per heavy atom. The normalized spacial score (nSPS) is 22.4. The van der Waals surface area contributed by atoms with E-state index in [9.17, 15) is 4.79 Å². The van der Waals surface area contributed by atoms with Crippen molar-refractivity contribution in [3.8, 4) is 0 Å². The minimum absolute atomic E-state index is 0.287. The molecule has 0 aliphatic carbocycles. The molecule has 1 saturated heterocycles. The number of hydrogen-bond acceptors (Lipinski definition) is 3. The summed E-state index contributed by atoms with van der Waals surface area (Å²) in [5.74, 6) is 0.705. The van der Waals surface area contributed by atoms with E-state index in [1.54, 1.807) is 0 Å². The van der Waals surface area contributed by atoms with Crippen LogP contribution in [0.15, 0.2) is 12.3 Å². The second-order valence-electron chi connectivity index (χ2n) is 7.48. The third-order valence-electron chi connectivity index (χ3n) is 5.04. The quantitative estimate of drug-likeness (QED) is 0.838. The topological polar surface area (TPSA) is 41.4 Å². The Hall–Kier alpha value is -1.36. The van der Waals surface area contributed by atoms with Crippen LogP contribution in [0.1, 0.15) is 57.7 Å². The Balaban J connectivity index is 1.63. The van der Waals surface area contributed by atoms with Gasteiger partial charge < -0.3 is 9.80 Å². The summed E-state index contributed by atoms with van der Waals surface area (Å²) in [5.41, 5.74) is 1.18. The lowest BCUT2D eigenvalue weighted by atomic mass is 10.1. The number of piperidine rings is 1. The molecule has 1 atom stereocenters. The highest BCUT2D eigenvalue weighted by atomic mass is 16.2. The van der Waals surface area contributed by atoms with Gasteiger partial charge in [0.25, 0.3) is 0 Å². The Kier molecular flexibility index (Phi) is 5.36. The molecule has 0 aromatic carbocycles. The average Bonchev–Trinajstić information content (AvgIpc) is 3.01. The first-order chi connectivity index (χ1) is 11.1. The molecular formula is C18H30N4O. The Labute approximate surface area is 139 Å². The van der Waals surface area contributed by atoms with Gasteiger partial charge in [0.15, 0.2) is 0 Å². The predicted molar refractivity (Wildman–Crippen MR) is 91.0 cm³/mol. The molecule has 1 fully saturated rings. The van der Waals surface area contributed by atoms with E-state index < -0.39 is 0 Å². The molecule has 0 radical (unpaired) electrons. The van der Waals surface area contributed by atoms with E-state index in [1.807, 2.05) is 11.1 Å². The van der Waals surface area contributed by atoms with Crippen LogP contribution in [0.4, 0.5) is 0 Å². The summed E-state index contributed by atoms with van der Waals surface area (Å²) in [4.78, 5) is 17.1. The van der Waals surface area contributed by atoms with Crippen molar-refractivity contribution < 1.29 is 4.79 Å². The largest absolute Gasteiger partial charge is 0.335 e. The SMILES string of the molecule is CC(C)CC(=O)N1Cc2ccnn2[C@H](CCN2CCCCC2)C1. The molecule has 0 unspecified atom stereocenters. The van der Waals surface area contributed by atoms with Gasteiger partial charge in [0.1, 0.15) is 0 Å². The highest BCUT2D eigenvalue weighted by Gasteiger charge is 2.28. The van der Waals surface area contributed by atoms with E-state index in [0.29, 0.717) is 24.9 Å². The summed E-state index contributed by atoms with van der Waals surface area (Å²) >= 11 is 0. The molecule has 0 N–H and O–H groups in total. The third-order valence-corrected chi connectivity index (χ3v) is 5.04. The smallest absolute Gasteiger partial charge is 0.223 e. The summed E-state index contributed by atoms with van der Waals surface area (Å²) in [6.07, 6.45) is 7.64. The summed E-state index contributed by atoms with van der Waals surface area (Å²) in [6, 6.07) is 2.38. The van der Waals surface area contributed by atoms with Gasteiger partial charge in [-0.15, -0.1) is 0 Å². The van der Waals surface area contributed by atoms with Crippen molar-refractivity contribution in [3.63, 3.8) is 0 Å². The molecule has 0 spiro atoms. The van der Waals surface area contributed by atoms with Crippen LogP contribution in [-0.2, 0) is 11.3 Å². The van der Waals surface area contributed by atoms with Crippen LogP contribution in [0.2, 0.25) is 0 Å². The first-order valence-electron chi connectivity index (χ1n) is 9.16. The monoisotopic (exact) mass is 318 g/mol. The van der Waals surface area contributed by atoms with Crippen LogP contribution >= 0.6 is 0 Å². The molecule has 2 aliphatic heterocycles. The summed E-state index contributed by atoms with van der Waals surface area (Å²) in [7, 11) is 0. The lowest BCUT2D eigenvalue weighted by Gasteiger charge is -2.36. The molecule has 2 aliphatic rings. The van der Waals surface area contributed by atoms with Gasteiger partial charge in [-0.25, -0.2) is 0 Å². The molecule has 5 nitrogen and oxygen atoms in total. The van der Waals surface area contributed by atoms with E-state index in [0.717, 1.165) is 19.5 Å². The van der Waals surface area contributed by atoms with Crippen molar-refractivity contribution in [1.29, 1.82) is 0 Å². The fourth-order valence-electron chi connectivity index (χ4n) is 3.78. The Bertz CT molecular complexity index is 519. The van der Waals surface area contributed by atoms with Crippen molar-refractivity contribution >= 4 is 5.91 Å². The van der Waals surface area contributed by atoms with Crippen LogP contribution in [0.25, 0.3) is 0 Å². The van der Waals surface area contributed by atoms with Crippen molar-refractivity contribution in [3.05, 3.63) is 18.0 Å². The van der Waals surface area contributed by atoms with Crippen LogP contribution in [0.5, 0.6) is 0 Å². The number of hydrogen-bond donors (Lipinski definition) is 0. The van der Waals surface area contributed by atoms with Crippen molar-refractivity contribution in [2.75, 3.05) is 26.2 Å². The average molecular weight is 318 g/mol. The van der Waals surface area contributed by atoms with Gasteiger partial charge in [0.05, 0.1) is 18.3 Å². The van der Waals surface area contributed by atoms with Gasteiger partial charge >= 0.3 is 0 Å². The Morgan fingerprint density at radius 1 is 1.30 bits per heavy atom. The van der Waals surface area contributed by atoms with E-state index in [4.69, 9.17) is 0 Å². The standard InChI is InChI=1S/C18H30N4O/c1-15(2)12-18(23)21-13-16-6-8-19-22(16)17(14-21)7-11-20-9-4-3-5-10-20/h6,8,15,17H,3-5,7,9-14H2,1-2H3/t17-/m1/s1. The molecule has 3 rings (SSSR count). The second-order valence-corrected chi connectivity index (χ2v) is 7.48. The summed E-state index contributed by atoms with van der Waals surface area (Å²) in [5, 5.41) is 4.52. The predicted octanol–water partition coefficient (Wildman–Crippen LogP) is 2.69. The number of likely N-dealkylation sites (tertiary alicyclic amines) is 1. The number of carbonyl (C=O) groups excluding carboxylic acids is 1. The van der Waals surface area contributed by atoms with Gasteiger partial charge in [-0.3, -0.25) is 9.48 Å². The number of carbonyl (C=O) groups is 1. The minimum Gasteiger partial charge on any atom is -0.335 e. The third kappa shape index (κ3) is 4.14. The first kappa shape index (κ1) is 16.5. The van der Waals surface area contributed by atoms with E-state index in [-0.39, 0.29) is 5.91 Å². The molecule has 1 aromatic heterocycles. The zero-order valence-corrected chi connectivity index (χ0v) is 14.6. The van der Waals surface area contributed by atoms with Gasteiger partial charge in [-0.1, -0.05) is 20.3 Å². The van der Waals surface area contributed by atoms with Crippen molar-refractivity contribution in [2.45, 2.75) is 58.5 Å². The number of rotatable bonds is 5. The Morgan fingerprint density at radius 2 is 2.09 bits per heavy atom. The molecule has 0 bridgehead atoms. The molecule has 0 saturated carbocycles. The van der Waals surface area contributed by atoms with Crippen LogP contribution in [0.3, 0.4) is 0 Å². The van der Waals surface area contributed by atoms with Gasteiger partial charge in [0.2, 0.25) is 5.91 Å². The van der Waals surface area contributed by atoms with Crippen molar-refractivity contribution in [2.24, 2.45) is 5.92 Å². The fraction of sp³-hybridized carbons (Fsp3) is 0.778. The van der Waals surface area contributed by atoms with E-state index >= 15 is 0 Å². The van der Waals surface area contributed by atoms with E-state index in [2.05, 4.69) is 34.6 Å². The minimum atomic E-state index is 0.287. The lowest BCUT2D eigenvalue weighted by Crippen LogP contribution is -2.43. The van der Waals surface area contributed by atoms with Crippen molar-refractivity contribution in [1.82, 2.24) is 19.6 Å². The lowest BCUT2D eigenvalue weighted by molar-refractivity contribution is -0.134. The van der Waals surface area contributed by atoms with Gasteiger partial charge in [0, 0.05) is 25.7 Å². The second kappa shape index (κ2) is 7.47. The van der Waals surface area contributed by atoms with Gasteiger partial charge in [-0.05, 0) is 44.3 Å². The number of fused-ring (bicyclic) bond motifs is 1. The number of aromatic nitrogens is 2. The molecular weight excluding hydrogens is 288 g/mol. The van der Waals surface area contributed by atoms with Crippen LogP contribution in [0, 0.1) is 5.92 Å². The molecule has 1 amide bonds. The summed E-state index contributed by atoms with van der Waals surface area (Å²) < 4.78 is 2.16. The maximum atomic E-state index is 12.5.